The highest BCUT2D eigenvalue weighted by atomic mass is 32.1. The van der Waals surface area contributed by atoms with Gasteiger partial charge in [-0.25, -0.2) is 4.98 Å². The fraction of sp³-hybridized carbons (Fsp3) is 0.640. The molecule has 1 nitrogen and oxygen atoms in total. The maximum Gasteiger partial charge on any atom is 0.152 e. The molecule has 1 radical (unpaired) electrons. The van der Waals surface area contributed by atoms with E-state index in [0.29, 0.717) is 0 Å². The van der Waals surface area contributed by atoms with E-state index in [1.54, 1.807) is 0 Å². The van der Waals surface area contributed by atoms with Crippen LogP contribution < -0.4 is 0 Å². The maximum atomic E-state index is 4.25. The van der Waals surface area contributed by atoms with Crippen LogP contribution in [0.2, 0.25) is 0 Å². The van der Waals surface area contributed by atoms with E-state index in [0.717, 1.165) is 5.69 Å². The smallest absolute Gasteiger partial charge is 0.152 e. The van der Waals surface area contributed by atoms with Gasteiger partial charge >= 0.3 is 0 Å². The molecule has 1 aromatic heterocycles. The average Bonchev–Trinajstić information content (AvgIpc) is 3.23. The molecule has 2 heteroatoms. The summed E-state index contributed by atoms with van der Waals surface area (Å²) in [4.78, 5) is 4.25. The molecule has 1 aromatic carbocycles. The van der Waals surface area contributed by atoms with Crippen LogP contribution in [0.3, 0.4) is 0 Å². The van der Waals surface area contributed by atoms with Gasteiger partial charge in [0.2, 0.25) is 0 Å². The van der Waals surface area contributed by atoms with E-state index in [2.05, 4.69) is 47.1 Å². The van der Waals surface area contributed by atoms with Crippen LogP contribution in [0.15, 0.2) is 29.6 Å². The molecule has 2 aromatic rings. The first kappa shape index (κ1) is 22.1. The zero-order valence-corrected chi connectivity index (χ0v) is 18.2. The van der Waals surface area contributed by atoms with Gasteiger partial charge in [0.05, 0.1) is 5.69 Å². The Kier molecular flexibility index (Phi) is 12.2. The van der Waals surface area contributed by atoms with E-state index in [-0.39, 0.29) is 0 Å². The first-order valence-electron chi connectivity index (χ1n) is 11.3. The van der Waals surface area contributed by atoms with Crippen molar-refractivity contribution in [3.05, 3.63) is 40.7 Å². The normalized spacial score (nSPS) is 11.1. The second-order valence-electron chi connectivity index (χ2n) is 7.87. The Morgan fingerprint density at radius 2 is 1.22 bits per heavy atom. The van der Waals surface area contributed by atoms with Gasteiger partial charge in [-0.15, -0.1) is 11.3 Å². The van der Waals surface area contributed by atoms with Crippen LogP contribution in [0.25, 0.3) is 11.3 Å². The quantitative estimate of drug-likeness (QED) is 0.264. The lowest BCUT2D eigenvalue weighted by Gasteiger charge is -2.04. The summed E-state index contributed by atoms with van der Waals surface area (Å²) in [7, 11) is 0. The largest absolute Gasteiger partial charge is 0.233 e. The van der Waals surface area contributed by atoms with Gasteiger partial charge in [0.25, 0.3) is 0 Å². The van der Waals surface area contributed by atoms with E-state index in [1.165, 1.54) is 119 Å². The van der Waals surface area contributed by atoms with Crippen LogP contribution in [-0.2, 0) is 6.42 Å². The molecule has 0 spiro atoms. The Morgan fingerprint density at radius 1 is 0.704 bits per heavy atom. The summed E-state index contributed by atoms with van der Waals surface area (Å²) in [5, 5.41) is 2.06. The van der Waals surface area contributed by atoms with Crippen molar-refractivity contribution in [1.29, 1.82) is 0 Å². The second-order valence-corrected chi connectivity index (χ2v) is 8.52. The fourth-order valence-electron chi connectivity index (χ4n) is 3.68. The summed E-state index contributed by atoms with van der Waals surface area (Å²) in [6, 6.07) is 8.91. The van der Waals surface area contributed by atoms with E-state index in [4.69, 9.17) is 0 Å². The lowest BCUT2D eigenvalue weighted by molar-refractivity contribution is 0.535. The molecule has 27 heavy (non-hydrogen) atoms. The number of thiazole rings is 1. The highest BCUT2D eigenvalue weighted by Crippen LogP contribution is 2.20. The highest BCUT2D eigenvalue weighted by Gasteiger charge is 2.00. The molecule has 149 valence electrons. The number of rotatable bonds is 16. The lowest BCUT2D eigenvalue weighted by Crippen LogP contribution is -1.87. The van der Waals surface area contributed by atoms with Gasteiger partial charge in [-0.3, -0.25) is 0 Å². The first-order valence-corrected chi connectivity index (χ1v) is 12.2. The van der Waals surface area contributed by atoms with Crippen LogP contribution in [-0.4, -0.2) is 4.98 Å². The van der Waals surface area contributed by atoms with Crippen LogP contribution in [0.1, 0.15) is 102 Å². The topological polar surface area (TPSA) is 12.9 Å². The molecule has 0 amide bonds. The average molecular weight is 385 g/mol. The monoisotopic (exact) mass is 384 g/mol. The lowest BCUT2D eigenvalue weighted by atomic mass is 10.0. The van der Waals surface area contributed by atoms with Gasteiger partial charge < -0.3 is 0 Å². The standard InChI is InChI=1S/C25H38NS/c1-2-3-4-5-6-7-8-9-10-11-12-13-14-15-16-23-17-19-24(20-18-23)25-21-27-22-26-25/h17-21H,2-16H2,1H3. The van der Waals surface area contributed by atoms with Crippen LogP contribution in [0.5, 0.6) is 0 Å². The summed E-state index contributed by atoms with van der Waals surface area (Å²) in [5.41, 5.74) is 6.62. The molecule has 2 rings (SSSR count). The Labute approximate surface area is 171 Å². The van der Waals surface area contributed by atoms with Gasteiger partial charge in [-0.05, 0) is 18.4 Å². The summed E-state index contributed by atoms with van der Waals surface area (Å²) < 4.78 is 0. The van der Waals surface area contributed by atoms with Crippen LogP contribution in [0, 0.1) is 5.51 Å². The molecule has 0 bridgehead atoms. The molecule has 0 aliphatic carbocycles. The molecule has 0 unspecified atom stereocenters. The number of aromatic nitrogens is 1. The van der Waals surface area contributed by atoms with Gasteiger partial charge in [0, 0.05) is 10.9 Å². The summed E-state index contributed by atoms with van der Waals surface area (Å²) in [5.74, 6) is 0. The van der Waals surface area contributed by atoms with Crippen LogP contribution >= 0.6 is 11.3 Å². The number of aryl methyl sites for hydroxylation is 1. The Balaban J connectivity index is 1.38. The third-order valence-corrected chi connectivity index (χ3v) is 6.00. The molecular formula is C25H38NS. The Morgan fingerprint density at radius 3 is 1.70 bits per heavy atom. The molecule has 0 atom stereocenters. The molecule has 1 heterocycles. The molecule has 0 N–H and O–H groups in total. The van der Waals surface area contributed by atoms with Crippen LogP contribution in [0.4, 0.5) is 0 Å². The zero-order valence-electron chi connectivity index (χ0n) is 17.3. The highest BCUT2D eigenvalue weighted by molar-refractivity contribution is 7.07. The Hall–Kier alpha value is -1.15. The molecular weight excluding hydrogens is 346 g/mol. The van der Waals surface area contributed by atoms with Crippen molar-refractivity contribution in [1.82, 2.24) is 4.98 Å². The second kappa shape index (κ2) is 14.9. The zero-order chi connectivity index (χ0) is 19.0. The summed E-state index contributed by atoms with van der Waals surface area (Å²) >= 11 is 1.53. The minimum atomic E-state index is 1.04. The van der Waals surface area contributed by atoms with Gasteiger partial charge in [-0.1, -0.05) is 115 Å². The molecule has 0 fully saturated rings. The van der Waals surface area contributed by atoms with E-state index in [1.807, 2.05) is 0 Å². The van der Waals surface area contributed by atoms with E-state index >= 15 is 0 Å². The maximum absolute atomic E-state index is 4.25. The summed E-state index contributed by atoms with van der Waals surface area (Å²) in [6.07, 6.45) is 21.2. The molecule has 0 aliphatic heterocycles. The molecule has 0 aliphatic rings. The fourth-order valence-corrected chi connectivity index (χ4v) is 4.19. The van der Waals surface area contributed by atoms with Gasteiger partial charge in [-0.2, -0.15) is 0 Å². The van der Waals surface area contributed by atoms with Crippen molar-refractivity contribution in [3.63, 3.8) is 0 Å². The van der Waals surface area contributed by atoms with E-state index in [9.17, 15) is 0 Å². The Bertz CT molecular complexity index is 559. The number of hydrogen-bond donors (Lipinski definition) is 0. The van der Waals surface area contributed by atoms with Crippen molar-refractivity contribution < 1.29 is 0 Å². The van der Waals surface area contributed by atoms with Gasteiger partial charge in [0.1, 0.15) is 0 Å². The number of benzene rings is 1. The minimum Gasteiger partial charge on any atom is -0.233 e. The van der Waals surface area contributed by atoms with Crippen molar-refractivity contribution in [3.8, 4) is 11.3 Å². The minimum absolute atomic E-state index is 1.04. The molecule has 0 saturated carbocycles. The number of hydrogen-bond acceptors (Lipinski definition) is 2. The van der Waals surface area contributed by atoms with Crippen molar-refractivity contribution in [2.75, 3.05) is 0 Å². The molecule has 0 saturated heterocycles. The number of unbranched alkanes of at least 4 members (excludes halogenated alkanes) is 13. The van der Waals surface area contributed by atoms with Crippen molar-refractivity contribution >= 4 is 11.3 Å². The predicted molar refractivity (Wildman–Crippen MR) is 120 cm³/mol. The third kappa shape index (κ3) is 10.1. The van der Waals surface area contributed by atoms with Crippen molar-refractivity contribution in [2.24, 2.45) is 0 Å². The number of nitrogens with zero attached hydrogens (tertiary/aromatic N) is 1. The van der Waals surface area contributed by atoms with Gasteiger partial charge in [0.15, 0.2) is 5.51 Å². The third-order valence-electron chi connectivity index (χ3n) is 5.46. The predicted octanol–water partition coefficient (Wildman–Crippen LogP) is 8.63. The van der Waals surface area contributed by atoms with E-state index < -0.39 is 0 Å². The SMILES string of the molecule is CCCCCCCCCCCCCCCCc1ccc(-c2cs[c]n2)cc1. The first-order chi connectivity index (χ1) is 13.4. The summed E-state index contributed by atoms with van der Waals surface area (Å²) in [6.45, 7) is 2.29. The van der Waals surface area contributed by atoms with Crippen molar-refractivity contribution in [2.45, 2.75) is 103 Å².